The number of aliphatic hydroxyl groups is 22. The first-order chi connectivity index (χ1) is 44.7. The van der Waals surface area contributed by atoms with Gasteiger partial charge in [0.1, 0.15) is 183 Å². The van der Waals surface area contributed by atoms with E-state index in [2.05, 4.69) is 10.6 Å². The van der Waals surface area contributed by atoms with E-state index in [0.29, 0.717) is 0 Å². The molecule has 0 aromatic heterocycles. The van der Waals surface area contributed by atoms with E-state index in [1.54, 1.807) is 0 Å². The molecule has 42 heteroatoms. The average Bonchev–Trinajstić information content (AvgIpc) is 0.801. The fraction of sp³-hybridized carbons (Fsp3) is 0.962. The highest BCUT2D eigenvalue weighted by Crippen LogP contribution is 2.39. The molecule has 0 unspecified atom stereocenters. The van der Waals surface area contributed by atoms with Gasteiger partial charge in [-0.15, -0.1) is 0 Å². The largest absolute Gasteiger partial charge is 0.394 e. The number of hydrogen-bond donors (Lipinski definition) is 24. The van der Waals surface area contributed by atoms with Crippen molar-refractivity contribution < 1.29 is 198 Å². The van der Waals surface area contributed by atoms with Crippen LogP contribution in [-0.4, -0.2) is 424 Å². The second-order valence-corrected chi connectivity index (χ2v) is 23.5. The molecule has 0 aromatic carbocycles. The summed E-state index contributed by atoms with van der Waals surface area (Å²) in [5, 5.41) is 243. The van der Waals surface area contributed by atoms with Crippen molar-refractivity contribution in [3.63, 3.8) is 0 Å². The number of ether oxygens (including phenoxy) is 16. The molecule has 38 atom stereocenters. The maximum Gasteiger partial charge on any atom is 0.217 e. The zero-order valence-corrected chi connectivity index (χ0v) is 50.2. The van der Waals surface area contributed by atoms with Crippen LogP contribution in [0.2, 0.25) is 0 Å². The summed E-state index contributed by atoms with van der Waals surface area (Å²) >= 11 is 0. The maximum atomic E-state index is 12.8. The standard InChI is InChI=1S/C52H88N2O40/c1-13(64)53-25-30(69)40(89-48-35(74)32(71)27(66)16(4-56)82-48)19(7-59)85-46(25)93-44-29(68)18(6-58)84-52(38(44)77)91-42-21(9-61)87-50(37(76)34(42)73)92-43-22(10-62)88-51(81-15(3-55)23-12-79-24(11-63)80-23)39(78)45(43)94-47-26(54-14(2)65)31(70)41(20(8-60)86-47)90-49-36(75)33(72)28(67)17(5-57)83-49/h15-52,55-63,66-78H,3-12H2,1-2H3,(H,53,64)(H,54,65)/t15-,16+,17+,18+,19+,20+,21+,22+,23+,24-,25+,26+,27-,28-,29-,30+,31+,32-,33-,34+,35+,36+,37+,38+,39+,40+,41+,42+,43-,44-,45+,46-,47-,48-,49-,50-,51+,52-/m0/s1. The molecule has 8 rings (SSSR count). The van der Waals surface area contributed by atoms with Crippen LogP contribution in [0.4, 0.5) is 0 Å². The van der Waals surface area contributed by atoms with Crippen molar-refractivity contribution in [3.8, 4) is 0 Å². The fourth-order valence-electron chi connectivity index (χ4n) is 12.1. The number of hydrogen-bond acceptors (Lipinski definition) is 40. The van der Waals surface area contributed by atoms with Crippen LogP contribution in [-0.2, 0) is 85.4 Å². The van der Waals surface area contributed by atoms with Crippen molar-refractivity contribution in [2.24, 2.45) is 0 Å². The third-order valence-electron chi connectivity index (χ3n) is 17.2. The summed E-state index contributed by atoms with van der Waals surface area (Å²) in [5.74, 6) is -1.75. The van der Waals surface area contributed by atoms with Gasteiger partial charge in [0.2, 0.25) is 11.8 Å². The summed E-state index contributed by atoms with van der Waals surface area (Å²) in [6.45, 7) is -7.06. The zero-order valence-electron chi connectivity index (χ0n) is 50.2. The number of carbonyl (C=O) groups excluding carboxylic acids is 2. The van der Waals surface area contributed by atoms with Gasteiger partial charge in [-0.3, -0.25) is 9.59 Å². The van der Waals surface area contributed by atoms with E-state index in [0.717, 1.165) is 13.8 Å². The Morgan fingerprint density at radius 3 is 1.07 bits per heavy atom. The molecule has 8 heterocycles. The van der Waals surface area contributed by atoms with E-state index in [1.165, 1.54) is 0 Å². The Labute approximate surface area is 532 Å². The number of rotatable bonds is 26. The molecule has 2 amide bonds. The first-order valence-electron chi connectivity index (χ1n) is 30.0. The lowest BCUT2D eigenvalue weighted by atomic mass is 9.94. The van der Waals surface area contributed by atoms with Crippen molar-refractivity contribution >= 4 is 11.8 Å². The number of aliphatic hydroxyl groups excluding tert-OH is 22. The van der Waals surface area contributed by atoms with Crippen LogP contribution in [0.1, 0.15) is 13.8 Å². The molecule has 0 saturated carbocycles. The molecule has 8 saturated heterocycles. The highest BCUT2D eigenvalue weighted by Gasteiger charge is 2.60. The van der Waals surface area contributed by atoms with Crippen molar-refractivity contribution in [3.05, 3.63) is 0 Å². The van der Waals surface area contributed by atoms with E-state index in [9.17, 15) is 122 Å². The molecule has 42 nitrogen and oxygen atoms in total. The molecular formula is C52H88N2O40. The quantitative estimate of drug-likeness (QED) is 0.0382. The summed E-state index contributed by atoms with van der Waals surface area (Å²) in [5.41, 5.74) is 0. The van der Waals surface area contributed by atoms with Crippen molar-refractivity contribution in [2.45, 2.75) is 247 Å². The van der Waals surface area contributed by atoms with Gasteiger partial charge in [0.15, 0.2) is 50.3 Å². The van der Waals surface area contributed by atoms with Crippen LogP contribution in [0.3, 0.4) is 0 Å². The minimum Gasteiger partial charge on any atom is -0.394 e. The number of carbonyl (C=O) groups is 2. The molecule has 0 aromatic rings. The van der Waals surface area contributed by atoms with E-state index >= 15 is 0 Å². The average molecular weight is 1380 g/mol. The summed E-state index contributed by atoms with van der Waals surface area (Å²) < 4.78 is 92.9. The molecule has 8 aliphatic rings. The van der Waals surface area contributed by atoms with Gasteiger partial charge in [0.05, 0.1) is 66.1 Å². The fourth-order valence-corrected chi connectivity index (χ4v) is 12.1. The number of amides is 2. The van der Waals surface area contributed by atoms with Gasteiger partial charge >= 0.3 is 0 Å². The highest BCUT2D eigenvalue weighted by molar-refractivity contribution is 5.73. The molecule has 0 spiro atoms. The van der Waals surface area contributed by atoms with Crippen LogP contribution in [0, 0.1) is 0 Å². The molecular weight excluding hydrogens is 1290 g/mol. The molecule has 94 heavy (non-hydrogen) atoms. The molecule has 546 valence electrons. The first-order valence-corrected chi connectivity index (χ1v) is 30.0. The summed E-state index contributed by atoms with van der Waals surface area (Å²) in [7, 11) is 0. The molecule has 0 aliphatic carbocycles. The lowest BCUT2D eigenvalue weighted by Gasteiger charge is -2.51. The predicted molar refractivity (Wildman–Crippen MR) is 286 cm³/mol. The van der Waals surface area contributed by atoms with Crippen molar-refractivity contribution in [1.82, 2.24) is 10.6 Å². The van der Waals surface area contributed by atoms with Gasteiger partial charge in [0, 0.05) is 13.8 Å². The Kier molecular flexibility index (Phi) is 28.1. The normalized spacial score (nSPS) is 49.0. The number of nitrogens with one attached hydrogen (secondary N) is 2. The maximum absolute atomic E-state index is 12.8. The Morgan fingerprint density at radius 1 is 0.340 bits per heavy atom. The van der Waals surface area contributed by atoms with Gasteiger partial charge < -0.3 is 199 Å². The SMILES string of the molecule is CC(=O)N[C@H]1[C@H](O[C@H]2[C@@H](O)[C@@H](CO)O[C@@H](O[C@H]3[C@H](O)[C@@H](O)[C@H](O[C@@H]4[C@H](O[C@@H]5O[C@H](CO)[C@@H](O[C@@H]6O[C@H](CO)[C@H](O)[C@H](O)[C@H]6O)[C@H](O)[C@H]5NC(C)=O)[C@@H](O)[C@H](O[C@@H](CO)[C@H]5CO[C@H](CO)O5)O[C@@H]4CO)O[C@@H]3CO)[C@@H]2O)O[C@H](CO)[C@@H](O[C@@H]2O[C@H](CO)[C@H](O)[C@H](O)[C@H]2O)[C@@H]1O. The minimum atomic E-state index is -2.38. The smallest absolute Gasteiger partial charge is 0.217 e. The third kappa shape index (κ3) is 16.7. The van der Waals surface area contributed by atoms with Crippen LogP contribution in [0.25, 0.3) is 0 Å². The second-order valence-electron chi connectivity index (χ2n) is 23.5. The third-order valence-corrected chi connectivity index (χ3v) is 17.2. The molecule has 0 radical (unpaired) electrons. The topological polar surface area (TPSA) is 651 Å². The summed E-state index contributed by atoms with van der Waals surface area (Å²) in [6.07, 6.45) is -69.2. The van der Waals surface area contributed by atoms with Gasteiger partial charge in [-0.25, -0.2) is 0 Å². The second kappa shape index (κ2) is 34.2. The first kappa shape index (κ1) is 77.2. The Bertz CT molecular complexity index is 2330. The van der Waals surface area contributed by atoms with E-state index in [4.69, 9.17) is 75.8 Å². The Morgan fingerprint density at radius 2 is 0.670 bits per heavy atom. The zero-order chi connectivity index (χ0) is 68.9. The predicted octanol–water partition coefficient (Wildman–Crippen LogP) is -16.9. The minimum absolute atomic E-state index is 0.277. The van der Waals surface area contributed by atoms with Crippen LogP contribution in [0.5, 0.6) is 0 Å². The highest BCUT2D eigenvalue weighted by atomic mass is 16.8. The molecule has 0 bridgehead atoms. The van der Waals surface area contributed by atoms with Gasteiger partial charge in [-0.05, 0) is 0 Å². The summed E-state index contributed by atoms with van der Waals surface area (Å²) in [6, 6.07) is -3.64. The molecule has 8 fully saturated rings. The lowest BCUT2D eigenvalue weighted by molar-refractivity contribution is -0.400. The molecule has 24 N–H and O–H groups in total. The van der Waals surface area contributed by atoms with Crippen molar-refractivity contribution in [2.75, 3.05) is 66.1 Å². The van der Waals surface area contributed by atoms with Crippen molar-refractivity contribution in [1.29, 1.82) is 0 Å². The van der Waals surface area contributed by atoms with Crippen LogP contribution < -0.4 is 10.6 Å². The monoisotopic (exact) mass is 1380 g/mol. The molecule has 8 aliphatic heterocycles. The Hall–Kier alpha value is -2.58. The summed E-state index contributed by atoms with van der Waals surface area (Å²) in [4.78, 5) is 25.4. The van der Waals surface area contributed by atoms with Crippen LogP contribution >= 0.6 is 0 Å². The van der Waals surface area contributed by atoms with Gasteiger partial charge in [-0.1, -0.05) is 0 Å². The lowest BCUT2D eigenvalue weighted by Crippen LogP contribution is -2.70. The van der Waals surface area contributed by atoms with Gasteiger partial charge in [-0.2, -0.15) is 0 Å². The van der Waals surface area contributed by atoms with E-state index in [-0.39, 0.29) is 6.61 Å². The Balaban J connectivity index is 1.03. The van der Waals surface area contributed by atoms with Crippen LogP contribution in [0.15, 0.2) is 0 Å². The van der Waals surface area contributed by atoms with E-state index < -0.39 is 305 Å². The van der Waals surface area contributed by atoms with Gasteiger partial charge in [0.25, 0.3) is 0 Å². The van der Waals surface area contributed by atoms with E-state index in [1.807, 2.05) is 0 Å².